The van der Waals surface area contributed by atoms with Gasteiger partial charge in [-0.3, -0.25) is 5.73 Å². The maximum absolute atomic E-state index is 9.19. The molecule has 1 heterocycles. The summed E-state index contributed by atoms with van der Waals surface area (Å²) in [6.45, 7) is 6.13. The van der Waals surface area contributed by atoms with Crippen molar-refractivity contribution in [3.8, 4) is 0 Å². The van der Waals surface area contributed by atoms with Crippen LogP contribution >= 0.6 is 0 Å². The third-order valence-electron chi connectivity index (χ3n) is 1.70. The fourth-order valence-electron chi connectivity index (χ4n) is 0.813. The Morgan fingerprint density at radius 1 is 1.50 bits per heavy atom. The van der Waals surface area contributed by atoms with Crippen LogP contribution in [-0.2, 0) is 5.41 Å². The van der Waals surface area contributed by atoms with Gasteiger partial charge in [-0.2, -0.15) is 0 Å². The molecular formula is C8H14N3O+. The predicted octanol–water partition coefficient (Wildman–Crippen LogP) is 0.486. The summed E-state index contributed by atoms with van der Waals surface area (Å²) in [5.74, 6) is 0.100. The third-order valence-corrected chi connectivity index (χ3v) is 1.70. The monoisotopic (exact) mass is 168 g/mol. The molecule has 1 aromatic rings. The van der Waals surface area contributed by atoms with Gasteiger partial charge in [0.2, 0.25) is 0 Å². The quantitative estimate of drug-likeness (QED) is 0.437. The highest BCUT2D eigenvalue weighted by Crippen LogP contribution is 2.19. The molecule has 4 nitrogen and oxygen atoms in total. The highest BCUT2D eigenvalue weighted by molar-refractivity contribution is 5.16. The molecule has 1 rings (SSSR count). The van der Waals surface area contributed by atoms with E-state index < -0.39 is 0 Å². The molecule has 0 fully saturated rings. The molecule has 0 spiro atoms. The molecule has 0 aromatic carbocycles. The van der Waals surface area contributed by atoms with Crippen molar-refractivity contribution in [2.24, 2.45) is 0 Å². The highest BCUT2D eigenvalue weighted by Gasteiger charge is 2.18. The summed E-state index contributed by atoms with van der Waals surface area (Å²) >= 11 is 0. The smallest absolute Gasteiger partial charge is 0.371 e. The summed E-state index contributed by atoms with van der Waals surface area (Å²) in [5.41, 5.74) is 6.25. The van der Waals surface area contributed by atoms with E-state index in [2.05, 4.69) is 4.98 Å². The Kier molecular flexibility index (Phi) is 1.92. The van der Waals surface area contributed by atoms with Gasteiger partial charge in [0.15, 0.2) is 0 Å². The molecule has 0 aliphatic heterocycles. The number of aromatic nitrogens is 2. The van der Waals surface area contributed by atoms with E-state index in [0.29, 0.717) is 0 Å². The Morgan fingerprint density at radius 2 is 2.08 bits per heavy atom. The Balaban J connectivity index is 3.14. The molecule has 0 bridgehead atoms. The van der Waals surface area contributed by atoms with Crippen LogP contribution < -0.4 is 10.5 Å². The SMILES string of the molecule is CC(C)(C)c1cnc(N)[n+](O)c1. The van der Waals surface area contributed by atoms with Gasteiger partial charge in [0.05, 0.1) is 0 Å². The van der Waals surface area contributed by atoms with Gasteiger partial charge >= 0.3 is 5.95 Å². The van der Waals surface area contributed by atoms with Crippen LogP contribution in [0.4, 0.5) is 5.95 Å². The van der Waals surface area contributed by atoms with Crippen LogP contribution in [0.25, 0.3) is 0 Å². The van der Waals surface area contributed by atoms with Crippen LogP contribution in [0.1, 0.15) is 26.3 Å². The van der Waals surface area contributed by atoms with E-state index in [1.54, 1.807) is 12.4 Å². The molecule has 0 unspecified atom stereocenters. The lowest BCUT2D eigenvalue weighted by Gasteiger charge is -2.16. The van der Waals surface area contributed by atoms with E-state index in [0.717, 1.165) is 10.3 Å². The molecule has 0 amide bonds. The second-order valence-electron chi connectivity index (χ2n) is 3.80. The molecule has 0 saturated heterocycles. The van der Waals surface area contributed by atoms with Gasteiger partial charge in [-0.15, -0.1) is 0 Å². The van der Waals surface area contributed by atoms with Crippen molar-refractivity contribution in [1.82, 2.24) is 4.98 Å². The zero-order valence-corrected chi connectivity index (χ0v) is 7.57. The van der Waals surface area contributed by atoms with E-state index in [9.17, 15) is 5.21 Å². The van der Waals surface area contributed by atoms with E-state index in [4.69, 9.17) is 5.73 Å². The molecule has 4 heteroatoms. The van der Waals surface area contributed by atoms with Gasteiger partial charge in [-0.25, -0.2) is 0 Å². The van der Waals surface area contributed by atoms with Crippen LogP contribution in [0, 0.1) is 0 Å². The molecule has 0 aliphatic rings. The normalized spacial score (nSPS) is 11.6. The van der Waals surface area contributed by atoms with Crippen LogP contribution in [0.5, 0.6) is 0 Å². The largest absolute Gasteiger partial charge is 0.425 e. The van der Waals surface area contributed by atoms with E-state index >= 15 is 0 Å². The number of nitrogens with zero attached hydrogens (tertiary/aromatic N) is 2. The number of rotatable bonds is 0. The van der Waals surface area contributed by atoms with Gasteiger partial charge in [0, 0.05) is 5.56 Å². The number of hydrogen-bond donors (Lipinski definition) is 2. The summed E-state index contributed by atoms with van der Waals surface area (Å²) in [5, 5.41) is 9.19. The zero-order chi connectivity index (χ0) is 9.35. The predicted molar refractivity (Wildman–Crippen MR) is 44.7 cm³/mol. The Morgan fingerprint density at radius 3 is 2.50 bits per heavy atom. The number of hydrogen-bond acceptors (Lipinski definition) is 3. The lowest BCUT2D eigenvalue weighted by molar-refractivity contribution is -0.895. The molecule has 0 aliphatic carbocycles. The fourth-order valence-corrected chi connectivity index (χ4v) is 0.813. The second-order valence-corrected chi connectivity index (χ2v) is 3.80. The van der Waals surface area contributed by atoms with Crippen LogP contribution in [0.3, 0.4) is 0 Å². The zero-order valence-electron chi connectivity index (χ0n) is 7.57. The summed E-state index contributed by atoms with van der Waals surface area (Å²) in [6, 6.07) is 0. The Bertz CT molecular complexity index is 291. The fraction of sp³-hybridized carbons (Fsp3) is 0.500. The Labute approximate surface area is 71.6 Å². The molecule has 12 heavy (non-hydrogen) atoms. The molecule has 3 N–H and O–H groups in total. The van der Waals surface area contributed by atoms with E-state index in [1.807, 2.05) is 20.8 Å². The Hall–Kier alpha value is -1.32. The van der Waals surface area contributed by atoms with Crippen LogP contribution in [0.15, 0.2) is 12.4 Å². The van der Waals surface area contributed by atoms with Gasteiger partial charge in [0.25, 0.3) is 0 Å². The minimum Gasteiger partial charge on any atom is -0.371 e. The molecule has 0 atom stereocenters. The average Bonchev–Trinajstić information content (AvgIpc) is 1.92. The van der Waals surface area contributed by atoms with Crippen molar-refractivity contribution in [3.63, 3.8) is 0 Å². The lowest BCUT2D eigenvalue weighted by atomic mass is 9.89. The molecule has 0 saturated carbocycles. The summed E-state index contributed by atoms with van der Waals surface area (Å²) < 4.78 is 0.834. The minimum absolute atomic E-state index is 0.0226. The first kappa shape index (κ1) is 8.77. The molecule has 1 aromatic heterocycles. The minimum atomic E-state index is -0.0226. The van der Waals surface area contributed by atoms with Crippen molar-refractivity contribution in [3.05, 3.63) is 18.0 Å². The van der Waals surface area contributed by atoms with Gasteiger partial charge < -0.3 is 5.21 Å². The van der Waals surface area contributed by atoms with Crippen molar-refractivity contribution in [2.75, 3.05) is 5.73 Å². The van der Waals surface area contributed by atoms with Gasteiger partial charge in [-0.1, -0.05) is 30.5 Å². The average molecular weight is 168 g/mol. The topological polar surface area (TPSA) is 63.0 Å². The third kappa shape index (κ3) is 1.64. The van der Waals surface area contributed by atoms with Crippen molar-refractivity contribution < 1.29 is 9.94 Å². The van der Waals surface area contributed by atoms with Crippen molar-refractivity contribution >= 4 is 5.95 Å². The standard InChI is InChI=1S/C8H13N3O/c1-8(2,3)6-4-10-7(9)11(12)5-6/h4-5,9,12H,1-3H3/p+1. The maximum atomic E-state index is 9.19. The summed E-state index contributed by atoms with van der Waals surface area (Å²) in [4.78, 5) is 3.84. The number of nitrogens with two attached hydrogens (primary N) is 1. The van der Waals surface area contributed by atoms with Crippen LogP contribution in [0.2, 0.25) is 0 Å². The van der Waals surface area contributed by atoms with E-state index in [-0.39, 0.29) is 11.4 Å². The number of anilines is 1. The molecule has 0 radical (unpaired) electrons. The van der Waals surface area contributed by atoms with Gasteiger partial charge in [0.1, 0.15) is 12.4 Å². The van der Waals surface area contributed by atoms with Crippen molar-refractivity contribution in [2.45, 2.75) is 26.2 Å². The first-order valence-corrected chi connectivity index (χ1v) is 3.78. The van der Waals surface area contributed by atoms with Gasteiger partial charge in [-0.05, 0) is 5.41 Å². The second kappa shape index (κ2) is 2.62. The van der Waals surface area contributed by atoms with Crippen LogP contribution in [-0.4, -0.2) is 10.2 Å². The summed E-state index contributed by atoms with van der Waals surface area (Å²) in [6.07, 6.45) is 3.24. The van der Waals surface area contributed by atoms with Crippen molar-refractivity contribution in [1.29, 1.82) is 0 Å². The van der Waals surface area contributed by atoms with E-state index in [1.165, 1.54) is 0 Å². The molecular weight excluding hydrogens is 154 g/mol. The number of nitrogen functional groups attached to an aromatic ring is 1. The first-order valence-electron chi connectivity index (χ1n) is 3.78. The first-order chi connectivity index (χ1) is 5.41. The lowest BCUT2D eigenvalue weighted by Crippen LogP contribution is -2.36. The highest BCUT2D eigenvalue weighted by atomic mass is 16.5. The molecule has 66 valence electrons. The summed E-state index contributed by atoms with van der Waals surface area (Å²) in [7, 11) is 0. The maximum Gasteiger partial charge on any atom is 0.425 e.